The van der Waals surface area contributed by atoms with Crippen LogP contribution in [0.4, 0.5) is 8.78 Å². The molecule has 0 fully saturated rings. The number of hydrogen-bond acceptors (Lipinski definition) is 3. The van der Waals surface area contributed by atoms with Crippen molar-refractivity contribution in [3.63, 3.8) is 0 Å². The summed E-state index contributed by atoms with van der Waals surface area (Å²) in [7, 11) is 0. The molecule has 0 amide bonds. The Hall–Kier alpha value is -2.01. The molecule has 0 saturated carbocycles. The number of benzene rings is 1. The molecule has 21 heavy (non-hydrogen) atoms. The monoisotopic (exact) mass is 292 g/mol. The van der Waals surface area contributed by atoms with Crippen LogP contribution in [-0.2, 0) is 0 Å². The molecule has 112 valence electrons. The first-order valence-corrected chi connectivity index (χ1v) is 6.92. The molecule has 1 atom stereocenters. The van der Waals surface area contributed by atoms with Gasteiger partial charge in [-0.1, -0.05) is 6.92 Å². The van der Waals surface area contributed by atoms with Crippen molar-refractivity contribution in [3.05, 3.63) is 53.9 Å². The number of ether oxygens (including phenoxy) is 1. The van der Waals surface area contributed by atoms with E-state index in [0.29, 0.717) is 5.75 Å². The zero-order chi connectivity index (χ0) is 15.2. The van der Waals surface area contributed by atoms with Crippen molar-refractivity contribution >= 4 is 0 Å². The summed E-state index contributed by atoms with van der Waals surface area (Å²) in [5, 5.41) is 3.34. The highest BCUT2D eigenvalue weighted by molar-refractivity contribution is 5.31. The quantitative estimate of drug-likeness (QED) is 0.866. The number of nitrogens with zero attached hydrogens (tertiary/aromatic N) is 1. The number of pyridine rings is 1. The largest absolute Gasteiger partial charge is 0.456 e. The van der Waals surface area contributed by atoms with E-state index in [4.69, 9.17) is 4.74 Å². The lowest BCUT2D eigenvalue weighted by Crippen LogP contribution is -2.20. The van der Waals surface area contributed by atoms with Gasteiger partial charge in [0, 0.05) is 12.1 Å². The number of rotatable bonds is 6. The standard InChI is InChI=1S/C16H18F2N2O/c1-3-8-19-11(2)16-7-5-13(10-20-16)21-12-4-6-14(17)15(18)9-12/h4-7,9-11,19H,3,8H2,1-2H3. The summed E-state index contributed by atoms with van der Waals surface area (Å²) in [6, 6.07) is 7.17. The molecule has 0 aliphatic rings. The molecule has 3 nitrogen and oxygen atoms in total. The van der Waals surface area contributed by atoms with Crippen LogP contribution >= 0.6 is 0 Å². The van der Waals surface area contributed by atoms with Crippen molar-refractivity contribution < 1.29 is 13.5 Å². The molecule has 0 aliphatic heterocycles. The SMILES string of the molecule is CCCNC(C)c1ccc(Oc2ccc(F)c(F)c2)cn1. The summed E-state index contributed by atoms with van der Waals surface area (Å²) >= 11 is 0. The van der Waals surface area contributed by atoms with Gasteiger partial charge in [-0.2, -0.15) is 0 Å². The summed E-state index contributed by atoms with van der Waals surface area (Å²) in [6.07, 6.45) is 2.63. The van der Waals surface area contributed by atoms with Gasteiger partial charge in [0.2, 0.25) is 0 Å². The van der Waals surface area contributed by atoms with Crippen LogP contribution in [0.3, 0.4) is 0 Å². The van der Waals surface area contributed by atoms with E-state index in [-0.39, 0.29) is 11.8 Å². The minimum Gasteiger partial charge on any atom is -0.456 e. The molecule has 0 spiro atoms. The van der Waals surface area contributed by atoms with E-state index in [0.717, 1.165) is 30.8 Å². The normalized spacial score (nSPS) is 12.2. The fraction of sp³-hybridized carbons (Fsp3) is 0.312. The second kappa shape index (κ2) is 7.13. The van der Waals surface area contributed by atoms with Crippen molar-refractivity contribution in [1.82, 2.24) is 10.3 Å². The van der Waals surface area contributed by atoms with Crippen LogP contribution in [0.5, 0.6) is 11.5 Å². The molecule has 0 aliphatic carbocycles. The second-order valence-corrected chi connectivity index (χ2v) is 4.77. The Kier molecular flexibility index (Phi) is 5.22. The van der Waals surface area contributed by atoms with E-state index in [2.05, 4.69) is 17.2 Å². The van der Waals surface area contributed by atoms with Gasteiger partial charge in [0.25, 0.3) is 0 Å². The lowest BCUT2D eigenvalue weighted by atomic mass is 10.2. The number of nitrogens with one attached hydrogen (secondary N) is 1. The van der Waals surface area contributed by atoms with Gasteiger partial charge in [-0.3, -0.25) is 4.98 Å². The molecule has 0 bridgehead atoms. The summed E-state index contributed by atoms with van der Waals surface area (Å²) in [6.45, 7) is 5.07. The lowest BCUT2D eigenvalue weighted by molar-refractivity contribution is 0.458. The maximum absolute atomic E-state index is 13.1. The first-order valence-electron chi connectivity index (χ1n) is 6.92. The van der Waals surface area contributed by atoms with Crippen LogP contribution < -0.4 is 10.1 Å². The molecule has 1 heterocycles. The predicted octanol–water partition coefficient (Wildman–Crippen LogP) is 4.21. The minimum atomic E-state index is -0.936. The Morgan fingerprint density at radius 2 is 1.90 bits per heavy atom. The molecule has 1 aromatic heterocycles. The Balaban J connectivity index is 2.03. The van der Waals surface area contributed by atoms with Crippen molar-refractivity contribution in [2.24, 2.45) is 0 Å². The van der Waals surface area contributed by atoms with E-state index in [1.165, 1.54) is 6.07 Å². The van der Waals surface area contributed by atoms with Gasteiger partial charge < -0.3 is 10.1 Å². The molecule has 1 unspecified atom stereocenters. The smallest absolute Gasteiger partial charge is 0.162 e. The summed E-state index contributed by atoms with van der Waals surface area (Å²) in [5.41, 5.74) is 0.904. The van der Waals surface area contributed by atoms with Crippen LogP contribution in [0.15, 0.2) is 36.5 Å². The minimum absolute atomic E-state index is 0.155. The van der Waals surface area contributed by atoms with Gasteiger partial charge in [-0.25, -0.2) is 8.78 Å². The first-order chi connectivity index (χ1) is 10.1. The molecular weight excluding hydrogens is 274 g/mol. The van der Waals surface area contributed by atoms with E-state index >= 15 is 0 Å². The van der Waals surface area contributed by atoms with Gasteiger partial charge >= 0.3 is 0 Å². The molecular formula is C16H18F2N2O. The molecule has 1 aromatic carbocycles. The highest BCUT2D eigenvalue weighted by Gasteiger charge is 2.07. The molecule has 1 N–H and O–H groups in total. The fourth-order valence-corrected chi connectivity index (χ4v) is 1.85. The zero-order valence-electron chi connectivity index (χ0n) is 12.1. The Morgan fingerprint density at radius 1 is 1.14 bits per heavy atom. The van der Waals surface area contributed by atoms with Crippen molar-refractivity contribution in [1.29, 1.82) is 0 Å². The third-order valence-electron chi connectivity index (χ3n) is 3.03. The summed E-state index contributed by atoms with van der Waals surface area (Å²) in [4.78, 5) is 4.31. The molecule has 0 saturated heterocycles. The average Bonchev–Trinajstić information content (AvgIpc) is 2.49. The number of aromatic nitrogens is 1. The molecule has 2 rings (SSSR count). The lowest BCUT2D eigenvalue weighted by Gasteiger charge is -2.13. The van der Waals surface area contributed by atoms with Gasteiger partial charge in [-0.05, 0) is 44.2 Å². The van der Waals surface area contributed by atoms with Crippen molar-refractivity contribution in [2.45, 2.75) is 26.3 Å². The van der Waals surface area contributed by atoms with Gasteiger partial charge in [-0.15, -0.1) is 0 Å². The van der Waals surface area contributed by atoms with Gasteiger partial charge in [0.05, 0.1) is 11.9 Å². The van der Waals surface area contributed by atoms with Crippen LogP contribution in [-0.4, -0.2) is 11.5 Å². The van der Waals surface area contributed by atoms with Gasteiger partial charge in [0.15, 0.2) is 11.6 Å². The van der Waals surface area contributed by atoms with E-state index in [1.54, 1.807) is 12.3 Å². The highest BCUT2D eigenvalue weighted by Crippen LogP contribution is 2.23. The van der Waals surface area contributed by atoms with Crippen molar-refractivity contribution in [2.75, 3.05) is 6.54 Å². The van der Waals surface area contributed by atoms with Crippen LogP contribution in [0.1, 0.15) is 32.0 Å². The number of halogens is 2. The third kappa shape index (κ3) is 4.23. The highest BCUT2D eigenvalue weighted by atomic mass is 19.2. The summed E-state index contributed by atoms with van der Waals surface area (Å²) < 4.78 is 31.4. The molecule has 0 radical (unpaired) electrons. The maximum Gasteiger partial charge on any atom is 0.162 e. The topological polar surface area (TPSA) is 34.1 Å². The van der Waals surface area contributed by atoms with E-state index in [1.807, 2.05) is 13.0 Å². The maximum atomic E-state index is 13.1. The Labute approximate surface area is 123 Å². The van der Waals surface area contributed by atoms with Gasteiger partial charge in [0.1, 0.15) is 11.5 Å². The molecule has 2 aromatic rings. The van der Waals surface area contributed by atoms with Crippen LogP contribution in [0.2, 0.25) is 0 Å². The average molecular weight is 292 g/mol. The van der Waals surface area contributed by atoms with Crippen LogP contribution in [0, 0.1) is 11.6 Å². The predicted molar refractivity (Wildman–Crippen MR) is 77.4 cm³/mol. The first kappa shape index (κ1) is 15.4. The van der Waals surface area contributed by atoms with E-state index in [9.17, 15) is 8.78 Å². The van der Waals surface area contributed by atoms with E-state index < -0.39 is 11.6 Å². The fourth-order valence-electron chi connectivity index (χ4n) is 1.85. The molecule has 5 heteroatoms. The Morgan fingerprint density at radius 3 is 2.52 bits per heavy atom. The third-order valence-corrected chi connectivity index (χ3v) is 3.03. The summed E-state index contributed by atoms with van der Waals surface area (Å²) in [5.74, 6) is -1.12. The van der Waals surface area contributed by atoms with Crippen LogP contribution in [0.25, 0.3) is 0 Å². The number of hydrogen-bond donors (Lipinski definition) is 1. The van der Waals surface area contributed by atoms with Crippen molar-refractivity contribution in [3.8, 4) is 11.5 Å². The second-order valence-electron chi connectivity index (χ2n) is 4.77. The Bertz CT molecular complexity index is 587. The zero-order valence-corrected chi connectivity index (χ0v) is 12.1.